The average molecular weight is 536 g/mol. The predicted octanol–water partition coefficient (Wildman–Crippen LogP) is 4.96. The van der Waals surface area contributed by atoms with Crippen LogP contribution in [0.3, 0.4) is 0 Å². The third-order valence-corrected chi connectivity index (χ3v) is 6.91. The fourth-order valence-corrected chi connectivity index (χ4v) is 4.82. The van der Waals surface area contributed by atoms with Crippen molar-refractivity contribution in [3.8, 4) is 0 Å². The van der Waals surface area contributed by atoms with Gasteiger partial charge in [0.1, 0.15) is 0 Å². The molecule has 0 aromatic rings. The zero-order valence-corrected chi connectivity index (χ0v) is 23.3. The van der Waals surface area contributed by atoms with Gasteiger partial charge in [-0.3, -0.25) is 0 Å². The largest absolute Gasteiger partial charge is 0.466 e. The first-order valence-corrected chi connectivity index (χ1v) is 17.1. The minimum Gasteiger partial charge on any atom is -0.393 e. The van der Waals surface area contributed by atoms with Gasteiger partial charge in [0.15, 0.2) is 0 Å². The summed E-state index contributed by atoms with van der Waals surface area (Å²) in [6.45, 7) is 2.60. The Morgan fingerprint density at radius 2 is 1.15 bits per heavy atom. The second-order valence-corrected chi connectivity index (χ2v) is 12.7. The average Bonchev–Trinajstić information content (AvgIpc) is 2.68. The van der Waals surface area contributed by atoms with E-state index in [1.165, 1.54) is 95.6 Å². The first-order valence-electron chi connectivity index (χ1n) is 12.4. The Morgan fingerprint density at radius 1 is 0.758 bits per heavy atom. The molecule has 8 nitrogen and oxygen atoms in total. The van der Waals surface area contributed by atoms with E-state index in [2.05, 4.69) is 11.6 Å². The molecule has 1 atom stereocenters. The second-order valence-electron chi connectivity index (χ2n) is 8.62. The Labute approximate surface area is 207 Å². The van der Waals surface area contributed by atoms with E-state index in [9.17, 15) is 13.5 Å². The summed E-state index contributed by atoms with van der Waals surface area (Å²) < 4.78 is 33.2. The molecule has 33 heavy (non-hydrogen) atoms. The van der Waals surface area contributed by atoms with Crippen LogP contribution >= 0.6 is 19.6 Å². The highest BCUT2D eigenvalue weighted by Gasteiger charge is 2.06. The molecule has 0 rings (SSSR count). The number of rotatable bonds is 22. The van der Waals surface area contributed by atoms with Crippen LogP contribution in [0.2, 0.25) is 0 Å². The zero-order valence-electron chi connectivity index (χ0n) is 20.8. The van der Waals surface area contributed by atoms with E-state index in [1.54, 1.807) is 0 Å². The smallest absolute Gasteiger partial charge is 0.393 e. The van der Waals surface area contributed by atoms with Crippen LogP contribution in [-0.4, -0.2) is 58.6 Å². The molecule has 0 bridgehead atoms. The van der Waals surface area contributed by atoms with Crippen molar-refractivity contribution >= 4 is 29.6 Å². The minimum atomic E-state index is -4.64. The second kappa shape index (κ2) is 24.0. The van der Waals surface area contributed by atoms with E-state index in [1.807, 2.05) is 11.8 Å². The quantitative estimate of drug-likeness (QED) is 0.0966. The number of hydrogen-bond acceptors (Lipinski definition) is 5. The van der Waals surface area contributed by atoms with Crippen LogP contribution in [0.25, 0.3) is 0 Å². The third kappa shape index (κ3) is 42.9. The number of phosphoric acid groups is 1. The molecule has 0 saturated heterocycles. The van der Waals surface area contributed by atoms with E-state index in [-0.39, 0.29) is 0 Å². The van der Waals surface area contributed by atoms with Crippen molar-refractivity contribution in [2.75, 3.05) is 24.3 Å². The van der Waals surface area contributed by atoms with E-state index in [0.717, 1.165) is 18.4 Å². The van der Waals surface area contributed by atoms with Gasteiger partial charge >= 0.3 is 7.82 Å². The van der Waals surface area contributed by atoms with E-state index >= 15 is 0 Å². The molecule has 0 aliphatic heterocycles. The molecule has 1 unspecified atom stereocenters. The van der Waals surface area contributed by atoms with Gasteiger partial charge < -0.3 is 19.8 Å². The molecule has 0 radical (unpaired) electrons. The molecule has 0 aromatic heterocycles. The standard InChI is InChI=1S/C22H47NO3S2.H3O4P/c1-3-4-5-6-7-8-9-10-11-12-13-14-15-16-20-27-21-18-22(24)17-19-23-28(2,25)26;1-5(2,3)4/h22-24H,3-21H2,1-2H3;(H3,1,2,3,4). The van der Waals surface area contributed by atoms with E-state index in [0.29, 0.717) is 13.0 Å². The maximum Gasteiger partial charge on any atom is 0.466 e. The number of unbranched alkanes of at least 4 members (excludes halogenated alkanes) is 13. The van der Waals surface area contributed by atoms with Crippen LogP contribution in [0.5, 0.6) is 0 Å². The minimum absolute atomic E-state index is 0.323. The Morgan fingerprint density at radius 3 is 1.55 bits per heavy atom. The van der Waals surface area contributed by atoms with Crippen molar-refractivity contribution in [2.24, 2.45) is 0 Å². The highest BCUT2D eigenvalue weighted by atomic mass is 32.2. The summed E-state index contributed by atoms with van der Waals surface area (Å²) in [6.07, 6.45) is 21.5. The number of sulfonamides is 1. The van der Waals surface area contributed by atoms with Crippen molar-refractivity contribution < 1.29 is 32.8 Å². The normalized spacial score (nSPS) is 12.9. The highest BCUT2D eigenvalue weighted by molar-refractivity contribution is 7.99. The molecule has 11 heteroatoms. The highest BCUT2D eigenvalue weighted by Crippen LogP contribution is 2.25. The molecule has 5 N–H and O–H groups in total. The molecule has 0 fully saturated rings. The van der Waals surface area contributed by atoms with Crippen molar-refractivity contribution in [2.45, 2.75) is 116 Å². The Balaban J connectivity index is 0. The fraction of sp³-hybridized carbons (Fsp3) is 1.00. The summed E-state index contributed by atoms with van der Waals surface area (Å²) in [6, 6.07) is 0. The summed E-state index contributed by atoms with van der Waals surface area (Å²) in [5.74, 6) is 2.13. The summed E-state index contributed by atoms with van der Waals surface area (Å²) in [7, 11) is -7.78. The maximum atomic E-state index is 10.9. The summed E-state index contributed by atoms with van der Waals surface area (Å²) >= 11 is 1.91. The molecular weight excluding hydrogens is 485 g/mol. The van der Waals surface area contributed by atoms with Crippen molar-refractivity contribution in [3.05, 3.63) is 0 Å². The van der Waals surface area contributed by atoms with Crippen LogP contribution in [0, 0.1) is 0 Å². The lowest BCUT2D eigenvalue weighted by Gasteiger charge is -2.10. The van der Waals surface area contributed by atoms with Crippen molar-refractivity contribution in [3.63, 3.8) is 0 Å². The molecule has 0 aliphatic carbocycles. The van der Waals surface area contributed by atoms with Crippen molar-refractivity contribution in [1.29, 1.82) is 0 Å². The monoisotopic (exact) mass is 535 g/mol. The molecule has 0 aromatic carbocycles. The molecular formula is C22H50NO7PS2. The Hall–Kier alpha value is 0.330. The van der Waals surface area contributed by atoms with Gasteiger partial charge in [-0.25, -0.2) is 17.7 Å². The predicted molar refractivity (Wildman–Crippen MR) is 140 cm³/mol. The molecule has 0 heterocycles. The molecule has 202 valence electrons. The molecule has 0 amide bonds. The van der Waals surface area contributed by atoms with Gasteiger partial charge in [0.25, 0.3) is 0 Å². The van der Waals surface area contributed by atoms with Gasteiger partial charge in [-0.15, -0.1) is 0 Å². The van der Waals surface area contributed by atoms with E-state index in [4.69, 9.17) is 19.2 Å². The number of aliphatic hydroxyl groups excluding tert-OH is 1. The van der Waals surface area contributed by atoms with Crippen LogP contribution in [-0.2, 0) is 14.6 Å². The summed E-state index contributed by atoms with van der Waals surface area (Å²) in [5, 5.41) is 9.82. The van der Waals surface area contributed by atoms with Crippen LogP contribution in [0.1, 0.15) is 110 Å². The molecule has 0 spiro atoms. The Bertz CT molecular complexity index is 551. The number of thioether (sulfide) groups is 1. The fourth-order valence-electron chi connectivity index (χ4n) is 3.28. The number of hydrogen-bond donors (Lipinski definition) is 5. The van der Waals surface area contributed by atoms with Crippen LogP contribution < -0.4 is 4.72 Å². The SMILES string of the molecule is CCCCCCCCCCCCCCCCSCCC(O)CCNS(C)(=O)=O.O=P(O)(O)O. The first-order chi connectivity index (χ1) is 15.5. The van der Waals surface area contributed by atoms with Gasteiger partial charge in [-0.05, 0) is 30.8 Å². The first kappa shape index (κ1) is 35.5. The van der Waals surface area contributed by atoms with Gasteiger partial charge in [-0.1, -0.05) is 90.4 Å². The van der Waals surface area contributed by atoms with Gasteiger partial charge in [0.2, 0.25) is 10.0 Å². The van der Waals surface area contributed by atoms with Gasteiger partial charge in [0, 0.05) is 6.54 Å². The van der Waals surface area contributed by atoms with Crippen LogP contribution in [0.4, 0.5) is 0 Å². The lowest BCUT2D eigenvalue weighted by atomic mass is 10.0. The van der Waals surface area contributed by atoms with Gasteiger partial charge in [0.05, 0.1) is 12.4 Å². The summed E-state index contributed by atoms with van der Waals surface area (Å²) in [5.41, 5.74) is 0. The molecule has 0 aliphatic rings. The van der Waals surface area contributed by atoms with E-state index < -0.39 is 23.9 Å². The number of nitrogens with one attached hydrogen (secondary N) is 1. The maximum absolute atomic E-state index is 10.9. The van der Waals surface area contributed by atoms with Gasteiger partial charge in [-0.2, -0.15) is 11.8 Å². The topological polar surface area (TPSA) is 144 Å². The number of aliphatic hydroxyl groups is 1. The lowest BCUT2D eigenvalue weighted by molar-refractivity contribution is 0.163. The zero-order chi connectivity index (χ0) is 25.4. The molecule has 0 saturated carbocycles. The van der Waals surface area contributed by atoms with Crippen LogP contribution in [0.15, 0.2) is 0 Å². The Kier molecular flexibility index (Phi) is 25.9. The van der Waals surface area contributed by atoms with Crippen molar-refractivity contribution in [1.82, 2.24) is 4.72 Å². The lowest BCUT2D eigenvalue weighted by Crippen LogP contribution is -2.26. The summed E-state index contributed by atoms with van der Waals surface area (Å²) in [4.78, 5) is 21.6. The third-order valence-electron chi connectivity index (χ3n) is 5.08.